The third-order valence-corrected chi connectivity index (χ3v) is 4.86. The molecule has 2 fully saturated rings. The molecule has 3 aromatic rings. The van der Waals surface area contributed by atoms with E-state index in [0.29, 0.717) is 39.5 Å². The zero-order valence-electron chi connectivity index (χ0n) is 15.1. The van der Waals surface area contributed by atoms with Crippen molar-refractivity contribution in [3.63, 3.8) is 0 Å². The van der Waals surface area contributed by atoms with Gasteiger partial charge in [0.2, 0.25) is 5.91 Å². The van der Waals surface area contributed by atoms with E-state index in [1.165, 1.54) is 0 Å². The second kappa shape index (κ2) is 6.85. The first-order valence-corrected chi connectivity index (χ1v) is 9.51. The Hall–Kier alpha value is -3.46. The second-order valence-electron chi connectivity index (χ2n) is 6.99. The lowest BCUT2D eigenvalue weighted by Gasteiger charge is -2.11. The smallest absolute Gasteiger partial charge is 0.254 e. The normalized spacial score (nSPS) is 17.8. The van der Waals surface area contributed by atoms with Crippen LogP contribution in [-0.4, -0.2) is 37.4 Å². The summed E-state index contributed by atoms with van der Waals surface area (Å²) in [5.74, 6) is 1.26. The number of imide groups is 1. The maximum atomic E-state index is 11.9. The van der Waals surface area contributed by atoms with E-state index in [0.717, 1.165) is 18.7 Å². The van der Waals surface area contributed by atoms with Crippen LogP contribution in [0.2, 0.25) is 5.02 Å². The number of rotatable bonds is 5. The number of pyridine rings is 1. The van der Waals surface area contributed by atoms with Crippen molar-refractivity contribution in [2.24, 2.45) is 0 Å². The van der Waals surface area contributed by atoms with E-state index >= 15 is 0 Å². The minimum absolute atomic E-state index is 0.0516. The van der Waals surface area contributed by atoms with Crippen LogP contribution in [0.1, 0.15) is 24.8 Å². The molecular weight excluding hydrogens is 394 g/mol. The van der Waals surface area contributed by atoms with E-state index < -0.39 is 0 Å². The Morgan fingerprint density at radius 3 is 2.76 bits per heavy atom. The predicted molar refractivity (Wildman–Crippen MR) is 108 cm³/mol. The van der Waals surface area contributed by atoms with Crippen molar-refractivity contribution in [1.82, 2.24) is 24.9 Å². The number of nitrogens with zero attached hydrogens (tertiary/aromatic N) is 4. The predicted octanol–water partition coefficient (Wildman–Crippen LogP) is 2.53. The molecule has 0 atom stereocenters. The van der Waals surface area contributed by atoms with Gasteiger partial charge in [-0.2, -0.15) is 9.61 Å². The highest BCUT2D eigenvalue weighted by molar-refractivity contribution is 6.30. The Labute approximate surface area is 170 Å². The number of fused-ring (bicyclic) bond motifs is 1. The number of amides is 2. The molecule has 29 heavy (non-hydrogen) atoms. The zero-order chi connectivity index (χ0) is 20.0. The van der Waals surface area contributed by atoms with Gasteiger partial charge in [0.15, 0.2) is 5.65 Å². The van der Waals surface area contributed by atoms with Gasteiger partial charge in [-0.1, -0.05) is 11.6 Å². The molecule has 146 valence electrons. The van der Waals surface area contributed by atoms with E-state index in [4.69, 9.17) is 11.6 Å². The Kier molecular flexibility index (Phi) is 4.17. The molecule has 1 aliphatic carbocycles. The summed E-state index contributed by atoms with van der Waals surface area (Å²) in [6, 6.07) is 5.77. The topological polar surface area (TPSA) is 113 Å². The van der Waals surface area contributed by atoms with Crippen LogP contribution in [0.15, 0.2) is 36.2 Å². The molecule has 0 spiro atoms. The monoisotopic (exact) mass is 409 g/mol. The summed E-state index contributed by atoms with van der Waals surface area (Å²) in [6.07, 6.45) is 7.10. The van der Waals surface area contributed by atoms with Crippen LogP contribution in [-0.2, 0) is 9.59 Å². The molecule has 10 heteroatoms. The minimum atomic E-state index is -0.384. The van der Waals surface area contributed by atoms with Crippen LogP contribution in [0.25, 0.3) is 11.7 Å². The number of nitrogens with one attached hydrogen (secondary N) is 3. The molecule has 1 saturated heterocycles. The minimum Gasteiger partial charge on any atom is -0.367 e. The van der Waals surface area contributed by atoms with Gasteiger partial charge in [0, 0.05) is 29.4 Å². The Morgan fingerprint density at radius 2 is 2.07 bits per heavy atom. The molecule has 0 unspecified atom stereocenters. The fraction of sp³-hybridized carbons (Fsp3) is 0.211. The highest BCUT2D eigenvalue weighted by Gasteiger charge is 2.25. The van der Waals surface area contributed by atoms with E-state index in [1.807, 2.05) is 6.07 Å². The highest BCUT2D eigenvalue weighted by atomic mass is 35.5. The van der Waals surface area contributed by atoms with Crippen molar-refractivity contribution in [1.29, 1.82) is 0 Å². The van der Waals surface area contributed by atoms with Crippen molar-refractivity contribution in [2.75, 3.05) is 10.6 Å². The number of hydrogen-bond acceptors (Lipinski definition) is 7. The van der Waals surface area contributed by atoms with Crippen LogP contribution in [0.3, 0.4) is 0 Å². The molecule has 3 N–H and O–H groups in total. The number of hydrogen-bond donors (Lipinski definition) is 3. The number of carbonyl (C=O) groups is 2. The molecule has 0 radical (unpaired) electrons. The molecule has 1 aliphatic heterocycles. The Balaban J connectivity index is 1.56. The van der Waals surface area contributed by atoms with Gasteiger partial charge < -0.3 is 10.6 Å². The van der Waals surface area contributed by atoms with Crippen molar-refractivity contribution in [2.45, 2.75) is 25.3 Å². The first-order valence-electron chi connectivity index (χ1n) is 9.14. The van der Waals surface area contributed by atoms with Gasteiger partial charge in [-0.25, -0.2) is 9.97 Å². The van der Waals surface area contributed by atoms with E-state index in [9.17, 15) is 9.59 Å². The maximum Gasteiger partial charge on any atom is 0.254 e. The fourth-order valence-corrected chi connectivity index (χ4v) is 3.19. The summed E-state index contributed by atoms with van der Waals surface area (Å²) in [7, 11) is 0. The molecule has 3 aromatic heterocycles. The Morgan fingerprint density at radius 1 is 1.21 bits per heavy atom. The maximum absolute atomic E-state index is 11.9. The molecule has 5 rings (SSSR count). The van der Waals surface area contributed by atoms with Crippen LogP contribution in [0, 0.1) is 0 Å². The van der Waals surface area contributed by atoms with Crippen LogP contribution < -0.4 is 16.0 Å². The van der Waals surface area contributed by atoms with E-state index in [-0.39, 0.29) is 18.2 Å². The largest absolute Gasteiger partial charge is 0.367 e. The zero-order valence-corrected chi connectivity index (χ0v) is 15.9. The molecule has 9 nitrogen and oxygen atoms in total. The second-order valence-corrected chi connectivity index (χ2v) is 7.43. The lowest BCUT2D eigenvalue weighted by atomic mass is 10.1. The van der Waals surface area contributed by atoms with E-state index in [1.54, 1.807) is 35.1 Å². The Bertz CT molecular complexity index is 1170. The number of aromatic nitrogens is 4. The van der Waals surface area contributed by atoms with Crippen molar-refractivity contribution < 1.29 is 9.59 Å². The van der Waals surface area contributed by atoms with Gasteiger partial charge in [0.05, 0.1) is 17.6 Å². The molecule has 0 aromatic carbocycles. The fourth-order valence-electron chi connectivity index (χ4n) is 3.07. The first kappa shape index (κ1) is 17.6. The molecule has 1 saturated carbocycles. The number of anilines is 3. The van der Waals surface area contributed by atoms with Gasteiger partial charge in [0.25, 0.3) is 5.91 Å². The summed E-state index contributed by atoms with van der Waals surface area (Å²) in [6.45, 7) is 0. The molecule has 4 heterocycles. The summed E-state index contributed by atoms with van der Waals surface area (Å²) in [5.41, 5.74) is 1.60. The molecule has 2 amide bonds. The quantitative estimate of drug-likeness (QED) is 0.438. The number of carbonyl (C=O) groups excluding carboxylic acids is 2. The SMILES string of the molecule is O=C1C/C(=C\c2cnn3c(NC4CC4)cc(Nc4ccc(Cl)cn4)nc23)C(=O)N1. The summed E-state index contributed by atoms with van der Waals surface area (Å²) < 4.78 is 1.69. The molecular formula is C19H16ClN7O2. The molecule has 2 aliphatic rings. The van der Waals surface area contributed by atoms with Crippen LogP contribution in [0.4, 0.5) is 17.5 Å². The van der Waals surface area contributed by atoms with Crippen molar-refractivity contribution in [3.05, 3.63) is 46.8 Å². The van der Waals surface area contributed by atoms with Gasteiger partial charge in [-0.15, -0.1) is 0 Å². The van der Waals surface area contributed by atoms with Crippen LogP contribution >= 0.6 is 11.6 Å². The summed E-state index contributed by atoms with van der Waals surface area (Å²) in [4.78, 5) is 32.3. The summed E-state index contributed by atoms with van der Waals surface area (Å²) in [5, 5.41) is 13.9. The third-order valence-electron chi connectivity index (χ3n) is 4.64. The van der Waals surface area contributed by atoms with Crippen molar-refractivity contribution >= 4 is 52.6 Å². The average molecular weight is 410 g/mol. The highest BCUT2D eigenvalue weighted by Crippen LogP contribution is 2.28. The first-order chi connectivity index (χ1) is 14.0. The van der Waals surface area contributed by atoms with Crippen LogP contribution in [0.5, 0.6) is 0 Å². The van der Waals surface area contributed by atoms with Crippen molar-refractivity contribution in [3.8, 4) is 0 Å². The van der Waals surface area contributed by atoms with Gasteiger partial charge in [-0.05, 0) is 31.1 Å². The standard InChI is InChI=1S/C19H16ClN7O2/c20-12-1-4-14(21-9-12)24-15-7-16(23-13-2-3-13)27-18(25-15)11(8-22-27)5-10-6-17(28)26-19(10)29/h1,4-5,7-9,13,23H,2-3,6H2,(H,21,24,25)(H,26,28,29)/b10-5+. The number of halogens is 1. The lowest BCUT2D eigenvalue weighted by Crippen LogP contribution is -2.19. The van der Waals surface area contributed by atoms with Gasteiger partial charge in [-0.3, -0.25) is 14.9 Å². The third kappa shape index (κ3) is 3.64. The average Bonchev–Trinajstić information content (AvgIpc) is 3.33. The van der Waals surface area contributed by atoms with Gasteiger partial charge >= 0.3 is 0 Å². The van der Waals surface area contributed by atoms with Gasteiger partial charge in [0.1, 0.15) is 17.5 Å². The molecule has 0 bridgehead atoms. The lowest BCUT2D eigenvalue weighted by molar-refractivity contribution is -0.124. The van der Waals surface area contributed by atoms with E-state index in [2.05, 4.69) is 31.0 Å². The summed E-state index contributed by atoms with van der Waals surface area (Å²) >= 11 is 5.90.